The standard InChI is InChI=1S/C29H40N8O5.C14H18ClN5O/c1-17-15-40-12-11-36(17)24-21-23(35(16-31-21)14-19-9-10-19)33-22(34-24)20-13-30-25(32-18(20)2)37(26(38)41-28(3,4)5)27(39)42-29(6,7)8;1-9-7-21-5-4-20(9)13-11-12(17-14(15)18-13)19(8-16-11)6-10-2-3-10/h13,16-17,19H,9-12,14-15H2,1-8H3;8-10H,2-7H2,1H3/t17-;9-/m00/s1. The molecule has 0 aromatic carbocycles. The Balaban J connectivity index is 0.000000215. The molecule has 19 nitrogen and oxygen atoms in total. The van der Waals surface area contributed by atoms with Crippen LogP contribution in [0.15, 0.2) is 18.9 Å². The molecule has 0 radical (unpaired) electrons. The number of morpholine rings is 2. The van der Waals surface area contributed by atoms with E-state index in [0.717, 1.165) is 59.5 Å². The van der Waals surface area contributed by atoms with Crippen LogP contribution in [-0.4, -0.2) is 124 Å². The molecular formula is C43H58ClN13O6. The maximum Gasteiger partial charge on any atom is 0.427 e. The average Bonchev–Trinajstić information content (AvgIpc) is 4.13. The molecule has 0 N–H and O–H groups in total. The number of hydrogen-bond acceptors (Lipinski definition) is 16. The molecule has 0 bridgehead atoms. The second kappa shape index (κ2) is 17.7. The van der Waals surface area contributed by atoms with Crippen molar-refractivity contribution in [1.82, 2.24) is 49.0 Å². The molecule has 4 aliphatic rings. The molecule has 2 atom stereocenters. The maximum atomic E-state index is 13.1. The van der Waals surface area contributed by atoms with Crippen molar-refractivity contribution in [2.75, 3.05) is 54.2 Å². The quantitative estimate of drug-likeness (QED) is 0.144. The van der Waals surface area contributed by atoms with Gasteiger partial charge in [-0.05, 0) is 111 Å². The van der Waals surface area contributed by atoms with E-state index in [1.165, 1.54) is 31.9 Å². The van der Waals surface area contributed by atoms with Gasteiger partial charge in [-0.15, -0.1) is 4.90 Å². The number of hydrogen-bond donors (Lipinski definition) is 0. The first kappa shape index (κ1) is 44.3. The molecule has 0 unspecified atom stereocenters. The van der Waals surface area contributed by atoms with Crippen LogP contribution in [-0.2, 0) is 32.0 Å². The Hall–Kier alpha value is -5.27. The number of carbonyl (C=O) groups excluding carboxylic acids is 2. The summed E-state index contributed by atoms with van der Waals surface area (Å²) in [5, 5.41) is 0.286. The van der Waals surface area contributed by atoms with Crippen molar-refractivity contribution in [2.45, 2.75) is 124 Å². The Morgan fingerprint density at radius 2 is 1.22 bits per heavy atom. The van der Waals surface area contributed by atoms with Crippen molar-refractivity contribution < 1.29 is 28.5 Å². The molecule has 0 spiro atoms. The Morgan fingerprint density at radius 1 is 0.730 bits per heavy atom. The van der Waals surface area contributed by atoms with Crippen LogP contribution in [0.5, 0.6) is 0 Å². The van der Waals surface area contributed by atoms with Gasteiger partial charge in [0.2, 0.25) is 11.2 Å². The number of nitrogens with zero attached hydrogens (tertiary/aromatic N) is 13. The molecule has 20 heteroatoms. The molecule has 2 saturated heterocycles. The van der Waals surface area contributed by atoms with Gasteiger partial charge in [-0.2, -0.15) is 9.97 Å². The molecule has 4 fully saturated rings. The Kier molecular flexibility index (Phi) is 12.5. The van der Waals surface area contributed by atoms with Gasteiger partial charge < -0.3 is 37.9 Å². The molecule has 9 rings (SSSR count). The van der Waals surface area contributed by atoms with Crippen molar-refractivity contribution in [3.63, 3.8) is 0 Å². The molecule has 2 amide bonds. The van der Waals surface area contributed by atoms with Crippen LogP contribution in [0.1, 0.15) is 86.8 Å². The van der Waals surface area contributed by atoms with E-state index < -0.39 is 23.4 Å². The lowest BCUT2D eigenvalue weighted by Crippen LogP contribution is -2.44. The second-order valence-corrected chi connectivity index (χ2v) is 19.3. The molecule has 2 saturated carbocycles. The minimum Gasteiger partial charge on any atom is -0.443 e. The third-order valence-corrected chi connectivity index (χ3v) is 11.2. The van der Waals surface area contributed by atoms with Crippen LogP contribution in [0.4, 0.5) is 27.2 Å². The van der Waals surface area contributed by atoms with Crippen molar-refractivity contribution in [2.24, 2.45) is 11.8 Å². The van der Waals surface area contributed by atoms with Crippen molar-refractivity contribution >= 4 is 63.7 Å². The van der Waals surface area contributed by atoms with Gasteiger partial charge in [-0.1, -0.05) is 0 Å². The number of imidazole rings is 2. The number of rotatable bonds is 8. The summed E-state index contributed by atoms with van der Waals surface area (Å²) in [5.74, 6) is 3.22. The number of amides is 2. The topological polar surface area (TPSA) is 194 Å². The summed E-state index contributed by atoms with van der Waals surface area (Å²) in [5.41, 5.74) is 2.50. The molecule has 7 heterocycles. The Morgan fingerprint density at radius 3 is 1.68 bits per heavy atom. The van der Waals surface area contributed by atoms with Gasteiger partial charge in [0.25, 0.3) is 0 Å². The highest BCUT2D eigenvalue weighted by Gasteiger charge is 2.36. The zero-order valence-corrected chi connectivity index (χ0v) is 38.4. The first-order chi connectivity index (χ1) is 29.9. The van der Waals surface area contributed by atoms with E-state index >= 15 is 0 Å². The number of carbonyl (C=O) groups is 2. The van der Waals surface area contributed by atoms with E-state index in [4.69, 9.17) is 45.5 Å². The summed E-state index contributed by atoms with van der Waals surface area (Å²) >= 11 is 6.15. The highest BCUT2D eigenvalue weighted by atomic mass is 35.5. The molecule has 5 aromatic heterocycles. The van der Waals surface area contributed by atoms with Crippen LogP contribution in [0, 0.1) is 18.8 Å². The van der Waals surface area contributed by atoms with E-state index in [2.05, 4.69) is 57.7 Å². The minimum absolute atomic E-state index is 0.106. The SMILES string of the molecule is C[C@H]1COCCN1c1nc(Cl)nc2c1ncn2CC1CC1.Cc1nc(N(C(=O)OC(C)(C)C)C(=O)OC(C)(C)C)ncc1-c1nc(N2CCOC[C@@H]2C)c2ncn(CC3CC3)c2n1. The second-order valence-electron chi connectivity index (χ2n) is 18.9. The number of imide groups is 1. The summed E-state index contributed by atoms with van der Waals surface area (Å²) < 4.78 is 26.3. The fourth-order valence-electron chi connectivity index (χ4n) is 7.50. The first-order valence-electron chi connectivity index (χ1n) is 21.8. The van der Waals surface area contributed by atoms with E-state index in [0.29, 0.717) is 60.9 Å². The van der Waals surface area contributed by atoms with E-state index in [-0.39, 0.29) is 23.3 Å². The lowest BCUT2D eigenvalue weighted by atomic mass is 10.2. The smallest absolute Gasteiger partial charge is 0.427 e. The summed E-state index contributed by atoms with van der Waals surface area (Å²) in [6, 6.07) is 0.371. The van der Waals surface area contributed by atoms with Crippen LogP contribution in [0.25, 0.3) is 33.7 Å². The van der Waals surface area contributed by atoms with E-state index in [9.17, 15) is 9.59 Å². The molecule has 63 heavy (non-hydrogen) atoms. The van der Waals surface area contributed by atoms with Gasteiger partial charge in [0.15, 0.2) is 39.8 Å². The van der Waals surface area contributed by atoms with Crippen LogP contribution in [0.2, 0.25) is 5.28 Å². The lowest BCUT2D eigenvalue weighted by molar-refractivity contribution is 0.0427. The van der Waals surface area contributed by atoms with Gasteiger partial charge >= 0.3 is 12.2 Å². The largest absolute Gasteiger partial charge is 0.443 e. The maximum absolute atomic E-state index is 13.1. The highest BCUT2D eigenvalue weighted by Crippen LogP contribution is 2.36. The van der Waals surface area contributed by atoms with Crippen molar-refractivity contribution in [1.29, 1.82) is 0 Å². The number of halogens is 1. The molecule has 5 aromatic rings. The van der Waals surface area contributed by atoms with Crippen LogP contribution >= 0.6 is 11.6 Å². The summed E-state index contributed by atoms with van der Waals surface area (Å²) in [7, 11) is 0. The monoisotopic (exact) mass is 887 g/mol. The van der Waals surface area contributed by atoms with Gasteiger partial charge in [-0.3, -0.25) is 0 Å². The third-order valence-electron chi connectivity index (χ3n) is 11.0. The number of fused-ring (bicyclic) bond motifs is 2. The average molecular weight is 888 g/mol. The predicted molar refractivity (Wildman–Crippen MR) is 237 cm³/mol. The Bertz CT molecular complexity index is 2450. The Labute approximate surface area is 371 Å². The number of anilines is 3. The van der Waals surface area contributed by atoms with Gasteiger partial charge in [0.05, 0.1) is 62.4 Å². The predicted octanol–water partition coefficient (Wildman–Crippen LogP) is 7.02. The number of aromatic nitrogens is 10. The van der Waals surface area contributed by atoms with Gasteiger partial charge in [0.1, 0.15) is 11.2 Å². The van der Waals surface area contributed by atoms with Crippen LogP contribution in [0.3, 0.4) is 0 Å². The summed E-state index contributed by atoms with van der Waals surface area (Å²) in [4.78, 5) is 68.3. The number of aryl methyl sites for hydroxylation is 1. The lowest BCUT2D eigenvalue weighted by Gasteiger charge is -2.34. The molecule has 338 valence electrons. The minimum atomic E-state index is -0.936. The van der Waals surface area contributed by atoms with Crippen molar-refractivity contribution in [3.05, 3.63) is 29.8 Å². The zero-order valence-electron chi connectivity index (χ0n) is 37.7. The fourth-order valence-corrected chi connectivity index (χ4v) is 7.66. The van der Waals surface area contributed by atoms with Gasteiger partial charge in [0, 0.05) is 32.4 Å². The highest BCUT2D eigenvalue weighted by molar-refractivity contribution is 6.28. The van der Waals surface area contributed by atoms with Gasteiger partial charge in [-0.25, -0.2) is 39.5 Å². The van der Waals surface area contributed by atoms with E-state index in [1.807, 2.05) is 12.7 Å². The fraction of sp³-hybridized carbons (Fsp3) is 0.628. The summed E-state index contributed by atoms with van der Waals surface area (Å²) in [6.07, 6.45) is 8.34. The van der Waals surface area contributed by atoms with Crippen LogP contribution < -0.4 is 14.7 Å². The van der Waals surface area contributed by atoms with E-state index in [1.54, 1.807) is 48.5 Å². The molecular weight excluding hydrogens is 830 g/mol. The van der Waals surface area contributed by atoms with Crippen molar-refractivity contribution in [3.8, 4) is 11.4 Å². The summed E-state index contributed by atoms with van der Waals surface area (Å²) in [6.45, 7) is 22.1. The normalized spacial score (nSPS) is 19.5. The first-order valence-corrected chi connectivity index (χ1v) is 22.2. The molecule has 2 aliphatic carbocycles. The molecule has 2 aliphatic heterocycles. The number of ether oxygens (including phenoxy) is 4. The zero-order chi connectivity index (χ0) is 44.8. The third kappa shape index (κ3) is 10.4.